The van der Waals surface area contributed by atoms with Gasteiger partial charge in [-0.15, -0.1) is 0 Å². The first-order chi connectivity index (χ1) is 19.3. The second-order valence-corrected chi connectivity index (χ2v) is 12.5. The third-order valence-electron chi connectivity index (χ3n) is 8.27. The maximum absolute atomic E-state index is 14.7. The minimum Gasteiger partial charge on any atom is -0.488 e. The van der Waals surface area contributed by atoms with Gasteiger partial charge in [0.25, 0.3) is 0 Å². The molecule has 2 fully saturated rings. The van der Waals surface area contributed by atoms with Crippen molar-refractivity contribution in [2.45, 2.75) is 82.6 Å². The first kappa shape index (κ1) is 30.8. The topological polar surface area (TPSA) is 68.3 Å². The number of nitrogens with zero attached hydrogens (tertiary/aromatic N) is 2. The van der Waals surface area contributed by atoms with Gasteiger partial charge in [0.1, 0.15) is 35.1 Å². The number of rotatable bonds is 7. The summed E-state index contributed by atoms with van der Waals surface area (Å²) in [6.07, 6.45) is 3.37. The van der Waals surface area contributed by atoms with Crippen LogP contribution >= 0.6 is 0 Å². The van der Waals surface area contributed by atoms with Gasteiger partial charge in [-0.05, 0) is 108 Å². The molecular weight excluding hydrogens is 530 g/mol. The number of ether oxygens (including phenoxy) is 3. The van der Waals surface area contributed by atoms with Gasteiger partial charge in [-0.3, -0.25) is 9.80 Å². The summed E-state index contributed by atoms with van der Waals surface area (Å²) in [6.45, 7) is 5.38. The van der Waals surface area contributed by atoms with Gasteiger partial charge in [0.2, 0.25) is 0 Å². The van der Waals surface area contributed by atoms with Gasteiger partial charge >= 0.3 is 12.1 Å². The molecule has 7 nitrogen and oxygen atoms in total. The zero-order valence-corrected chi connectivity index (χ0v) is 24.9. The molecule has 4 rings (SSSR count). The van der Waals surface area contributed by atoms with Crippen LogP contribution in [0.25, 0.3) is 0 Å². The predicted octanol–water partition coefficient (Wildman–Crippen LogP) is 6.08. The molecule has 2 atom stereocenters. The normalized spacial score (nSPS) is 24.8. The molecule has 0 bridgehead atoms. The van der Waals surface area contributed by atoms with Crippen LogP contribution in [-0.2, 0) is 26.2 Å². The molecule has 1 aliphatic heterocycles. The summed E-state index contributed by atoms with van der Waals surface area (Å²) in [5.41, 5.74) is 0.869. The van der Waals surface area contributed by atoms with Gasteiger partial charge in [0.15, 0.2) is 0 Å². The standard InChI is InChI=1S/C32H42F2N2O5/c1-31(2,3)41-30(38)36-20-27(19-28(36)29(37)39-6)40-26-16-22(15-25(34)18-26)14-21-10-12-32(13-11-21,35(4)5)23-8-7-9-24(33)17-23/h7-9,15-18,21,27-28H,10-14,19-20H2,1-6H3/t21-,27-,28-,32-/m0/s1. The lowest BCUT2D eigenvalue weighted by molar-refractivity contribution is -0.145. The lowest BCUT2D eigenvalue weighted by Gasteiger charge is -2.45. The fraction of sp³-hybridized carbons (Fsp3) is 0.562. The number of amides is 1. The Morgan fingerprint density at radius 2 is 1.76 bits per heavy atom. The molecule has 1 heterocycles. The second-order valence-electron chi connectivity index (χ2n) is 12.5. The molecule has 0 N–H and O–H groups in total. The third-order valence-corrected chi connectivity index (χ3v) is 8.27. The second kappa shape index (κ2) is 12.3. The fourth-order valence-corrected chi connectivity index (χ4v) is 6.23. The Kier molecular flexibility index (Phi) is 9.26. The van der Waals surface area contributed by atoms with E-state index in [9.17, 15) is 18.4 Å². The zero-order valence-electron chi connectivity index (χ0n) is 24.9. The quantitative estimate of drug-likeness (QED) is 0.375. The van der Waals surface area contributed by atoms with Crippen molar-refractivity contribution in [2.24, 2.45) is 5.92 Å². The van der Waals surface area contributed by atoms with Crippen LogP contribution in [0.15, 0.2) is 42.5 Å². The third kappa shape index (κ3) is 7.36. The summed E-state index contributed by atoms with van der Waals surface area (Å²) in [5, 5.41) is 0. The summed E-state index contributed by atoms with van der Waals surface area (Å²) in [5.74, 6) is -0.469. The number of hydrogen-bond acceptors (Lipinski definition) is 6. The minimum absolute atomic E-state index is 0.121. The van der Waals surface area contributed by atoms with Crippen LogP contribution in [0.1, 0.15) is 64.0 Å². The number of benzene rings is 2. The number of carbonyl (C=O) groups excluding carboxylic acids is 2. The summed E-state index contributed by atoms with van der Waals surface area (Å²) in [6, 6.07) is 10.7. The summed E-state index contributed by atoms with van der Waals surface area (Å²) in [4.78, 5) is 28.7. The summed E-state index contributed by atoms with van der Waals surface area (Å²) < 4.78 is 45.2. The lowest BCUT2D eigenvalue weighted by atomic mass is 9.70. The predicted molar refractivity (Wildman–Crippen MR) is 152 cm³/mol. The Labute approximate surface area is 241 Å². The van der Waals surface area contributed by atoms with Crippen LogP contribution in [0.2, 0.25) is 0 Å². The molecule has 1 amide bonds. The molecule has 0 unspecified atom stereocenters. The molecule has 224 valence electrons. The number of likely N-dealkylation sites (tertiary alicyclic amines) is 1. The van der Waals surface area contributed by atoms with Gasteiger partial charge in [-0.1, -0.05) is 12.1 Å². The molecule has 2 aliphatic rings. The van der Waals surface area contributed by atoms with E-state index in [4.69, 9.17) is 14.2 Å². The van der Waals surface area contributed by atoms with E-state index in [2.05, 4.69) is 4.90 Å². The molecule has 0 aromatic heterocycles. The Morgan fingerprint density at radius 1 is 1.05 bits per heavy atom. The molecule has 9 heteroatoms. The Bertz CT molecular complexity index is 1240. The molecule has 41 heavy (non-hydrogen) atoms. The maximum Gasteiger partial charge on any atom is 0.411 e. The molecular formula is C32H42F2N2O5. The highest BCUT2D eigenvalue weighted by molar-refractivity contribution is 5.82. The van der Waals surface area contributed by atoms with Crippen LogP contribution in [0.4, 0.5) is 13.6 Å². The van der Waals surface area contributed by atoms with Crippen molar-refractivity contribution < 1.29 is 32.6 Å². The van der Waals surface area contributed by atoms with E-state index < -0.39 is 35.6 Å². The van der Waals surface area contributed by atoms with Crippen LogP contribution in [0.5, 0.6) is 5.75 Å². The van der Waals surface area contributed by atoms with Crippen LogP contribution in [0, 0.1) is 17.6 Å². The Hall–Kier alpha value is -3.20. The van der Waals surface area contributed by atoms with Gasteiger partial charge in [0.05, 0.1) is 13.7 Å². The summed E-state index contributed by atoms with van der Waals surface area (Å²) in [7, 11) is 5.35. The van der Waals surface area contributed by atoms with Crippen LogP contribution in [-0.4, -0.2) is 67.4 Å². The molecule has 1 saturated heterocycles. The van der Waals surface area contributed by atoms with Gasteiger partial charge in [-0.25, -0.2) is 18.4 Å². The van der Waals surface area contributed by atoms with E-state index in [0.29, 0.717) is 18.1 Å². The number of hydrogen-bond donors (Lipinski definition) is 0. The fourth-order valence-electron chi connectivity index (χ4n) is 6.23. The number of methoxy groups -OCH3 is 1. The van der Waals surface area contributed by atoms with Crippen molar-refractivity contribution in [3.8, 4) is 5.75 Å². The van der Waals surface area contributed by atoms with E-state index >= 15 is 0 Å². The highest BCUT2D eigenvalue weighted by Crippen LogP contribution is 2.44. The monoisotopic (exact) mass is 572 g/mol. The number of esters is 1. The zero-order chi connectivity index (χ0) is 29.9. The van der Waals surface area contributed by atoms with Gasteiger partial charge in [0, 0.05) is 18.0 Å². The molecule has 2 aromatic rings. The Balaban J connectivity index is 1.42. The van der Waals surface area contributed by atoms with Crippen molar-refractivity contribution in [1.82, 2.24) is 9.80 Å². The maximum atomic E-state index is 14.7. The first-order valence-electron chi connectivity index (χ1n) is 14.3. The van der Waals surface area contributed by atoms with E-state index in [1.807, 2.05) is 26.2 Å². The minimum atomic E-state index is -0.842. The van der Waals surface area contributed by atoms with Crippen molar-refractivity contribution >= 4 is 12.1 Å². The molecule has 1 saturated carbocycles. The molecule has 0 radical (unpaired) electrons. The lowest BCUT2D eigenvalue weighted by Crippen LogP contribution is -2.44. The first-order valence-corrected chi connectivity index (χ1v) is 14.3. The number of carbonyl (C=O) groups is 2. The molecule has 1 aliphatic carbocycles. The molecule has 2 aromatic carbocycles. The van der Waals surface area contributed by atoms with E-state index in [0.717, 1.165) is 36.8 Å². The number of halogens is 2. The van der Waals surface area contributed by atoms with Crippen LogP contribution < -0.4 is 4.74 Å². The van der Waals surface area contributed by atoms with Crippen molar-refractivity contribution in [2.75, 3.05) is 27.7 Å². The van der Waals surface area contributed by atoms with Crippen molar-refractivity contribution in [3.05, 3.63) is 65.2 Å². The summed E-state index contributed by atoms with van der Waals surface area (Å²) >= 11 is 0. The van der Waals surface area contributed by atoms with E-state index in [1.54, 1.807) is 32.9 Å². The van der Waals surface area contributed by atoms with E-state index in [1.165, 1.54) is 30.2 Å². The molecule has 0 spiro atoms. The Morgan fingerprint density at radius 3 is 2.37 bits per heavy atom. The van der Waals surface area contributed by atoms with Gasteiger partial charge < -0.3 is 14.2 Å². The van der Waals surface area contributed by atoms with E-state index in [-0.39, 0.29) is 24.3 Å². The SMILES string of the molecule is COC(=O)[C@@H]1C[C@H](Oc2cc(F)cc(C[C@H]3CC[C@](c4cccc(F)c4)(N(C)C)CC3)c2)CN1C(=O)OC(C)(C)C. The average Bonchev–Trinajstić information content (AvgIpc) is 3.31. The highest BCUT2D eigenvalue weighted by atomic mass is 19.1. The van der Waals surface area contributed by atoms with Crippen LogP contribution in [0.3, 0.4) is 0 Å². The average molecular weight is 573 g/mol. The van der Waals surface area contributed by atoms with Gasteiger partial charge in [-0.2, -0.15) is 0 Å². The largest absolute Gasteiger partial charge is 0.488 e. The van der Waals surface area contributed by atoms with Crippen molar-refractivity contribution in [3.63, 3.8) is 0 Å². The smallest absolute Gasteiger partial charge is 0.411 e. The van der Waals surface area contributed by atoms with Crippen molar-refractivity contribution in [1.29, 1.82) is 0 Å². The highest BCUT2D eigenvalue weighted by Gasteiger charge is 2.43.